The van der Waals surface area contributed by atoms with Crippen LogP contribution in [0.5, 0.6) is 5.75 Å². The maximum absolute atomic E-state index is 13.8. The maximum atomic E-state index is 13.8. The van der Waals surface area contributed by atoms with Gasteiger partial charge >= 0.3 is 0 Å². The van der Waals surface area contributed by atoms with Crippen molar-refractivity contribution >= 4 is 11.5 Å². The molecule has 2 N–H and O–H groups in total. The monoisotopic (exact) mass is 387 g/mol. The molecule has 1 aliphatic carbocycles. The van der Waals surface area contributed by atoms with E-state index < -0.39 is 5.82 Å². The van der Waals surface area contributed by atoms with Crippen molar-refractivity contribution in [3.05, 3.63) is 35.4 Å². The van der Waals surface area contributed by atoms with E-state index in [9.17, 15) is 9.50 Å². The van der Waals surface area contributed by atoms with E-state index in [0.29, 0.717) is 34.4 Å². The number of aliphatic hydroxyl groups excluding tert-OH is 1. The van der Waals surface area contributed by atoms with E-state index in [1.54, 1.807) is 24.7 Å². The van der Waals surface area contributed by atoms with Crippen LogP contribution in [0.2, 0.25) is 0 Å². The van der Waals surface area contributed by atoms with E-state index in [0.717, 1.165) is 18.5 Å². The summed E-state index contributed by atoms with van der Waals surface area (Å²) in [5, 5.41) is 17.1. The molecular formula is C20H26FN5O2. The summed E-state index contributed by atoms with van der Waals surface area (Å²) in [5.74, 6) is 0.756. The first kappa shape index (κ1) is 20.0. The molecule has 0 aromatic carbocycles. The minimum atomic E-state index is -0.445. The predicted octanol–water partition coefficient (Wildman–Crippen LogP) is 3.77. The molecule has 8 heteroatoms. The lowest BCUT2D eigenvalue weighted by atomic mass is 10.2. The lowest BCUT2D eigenvalue weighted by Gasteiger charge is -2.09. The maximum Gasteiger partial charge on any atom is 0.165 e. The highest BCUT2D eigenvalue weighted by Gasteiger charge is 2.30. The zero-order valence-electron chi connectivity index (χ0n) is 16.7. The third-order valence-corrected chi connectivity index (χ3v) is 4.33. The molecule has 1 aliphatic rings. The number of pyridine rings is 1. The van der Waals surface area contributed by atoms with Crippen LogP contribution in [-0.2, 0) is 6.61 Å². The molecule has 3 aromatic rings. The summed E-state index contributed by atoms with van der Waals surface area (Å²) in [6, 6.07) is 4.70. The molecule has 0 amide bonds. The molecule has 0 aliphatic heterocycles. The smallest absolute Gasteiger partial charge is 0.165 e. The normalized spacial score (nSPS) is 13.2. The van der Waals surface area contributed by atoms with Gasteiger partial charge in [0.05, 0.1) is 25.1 Å². The number of nitrogens with zero attached hydrogens (tertiary/aromatic N) is 4. The standard InChI is InChI=1S/C17H18FN5O2.C3H8/c1-19-17-10(18)5-6-11(21-17)16-12(8-24)20-14-7-13(25-2)15(9-3-4-9)22-23(14)16;1-3-2/h5-7,9,24H,3-4,8H2,1-2H3,(H,19,21);3H2,1-2H3. The van der Waals surface area contributed by atoms with Crippen LogP contribution in [0.3, 0.4) is 0 Å². The number of halogens is 1. The van der Waals surface area contributed by atoms with Crippen molar-refractivity contribution in [2.75, 3.05) is 19.5 Å². The fourth-order valence-corrected chi connectivity index (χ4v) is 2.94. The van der Waals surface area contributed by atoms with Gasteiger partial charge in [0.15, 0.2) is 17.3 Å². The van der Waals surface area contributed by atoms with Crippen molar-refractivity contribution < 1.29 is 14.2 Å². The van der Waals surface area contributed by atoms with Crippen LogP contribution in [0.15, 0.2) is 18.2 Å². The van der Waals surface area contributed by atoms with Crippen LogP contribution in [0, 0.1) is 5.82 Å². The second-order valence-electron chi connectivity index (χ2n) is 6.69. The quantitative estimate of drug-likeness (QED) is 0.693. The van der Waals surface area contributed by atoms with Gasteiger partial charge in [-0.25, -0.2) is 18.9 Å². The molecule has 3 aromatic heterocycles. The largest absolute Gasteiger partial charge is 0.495 e. The minimum absolute atomic E-state index is 0.132. The second kappa shape index (κ2) is 8.52. The van der Waals surface area contributed by atoms with Crippen molar-refractivity contribution in [1.29, 1.82) is 0 Å². The van der Waals surface area contributed by atoms with Crippen LogP contribution in [0.1, 0.15) is 50.4 Å². The van der Waals surface area contributed by atoms with Gasteiger partial charge in [-0.2, -0.15) is 5.10 Å². The van der Waals surface area contributed by atoms with E-state index in [2.05, 4.69) is 29.1 Å². The molecule has 1 fully saturated rings. The molecule has 0 bridgehead atoms. The Labute approximate surface area is 163 Å². The lowest BCUT2D eigenvalue weighted by Crippen LogP contribution is -2.04. The van der Waals surface area contributed by atoms with E-state index in [4.69, 9.17) is 9.84 Å². The fourth-order valence-electron chi connectivity index (χ4n) is 2.94. The summed E-state index contributed by atoms with van der Waals surface area (Å²) in [7, 11) is 3.21. The van der Waals surface area contributed by atoms with Crippen molar-refractivity contribution in [2.45, 2.75) is 45.6 Å². The average molecular weight is 387 g/mol. The van der Waals surface area contributed by atoms with Gasteiger partial charge in [0.1, 0.15) is 17.1 Å². The number of hydrogen-bond donors (Lipinski definition) is 2. The number of imidazole rings is 1. The van der Waals surface area contributed by atoms with E-state index in [1.165, 1.54) is 12.5 Å². The highest BCUT2D eigenvalue weighted by molar-refractivity contribution is 5.66. The first-order valence-electron chi connectivity index (χ1n) is 9.49. The number of nitrogens with one attached hydrogen (secondary N) is 1. The molecule has 0 radical (unpaired) electrons. The summed E-state index contributed by atoms with van der Waals surface area (Å²) in [6.07, 6.45) is 3.40. The number of anilines is 1. The van der Waals surface area contributed by atoms with Crippen LogP contribution < -0.4 is 10.1 Å². The first-order chi connectivity index (χ1) is 13.6. The summed E-state index contributed by atoms with van der Waals surface area (Å²) in [6.45, 7) is 3.98. The number of ether oxygens (including phenoxy) is 1. The molecule has 0 atom stereocenters. The first-order valence-corrected chi connectivity index (χ1v) is 9.49. The average Bonchev–Trinajstić information content (AvgIpc) is 3.48. The van der Waals surface area contributed by atoms with Crippen LogP contribution >= 0.6 is 0 Å². The molecular weight excluding hydrogens is 361 g/mol. The van der Waals surface area contributed by atoms with Crippen LogP contribution in [0.25, 0.3) is 17.0 Å². The lowest BCUT2D eigenvalue weighted by molar-refractivity contribution is 0.278. The van der Waals surface area contributed by atoms with Gasteiger partial charge in [-0.15, -0.1) is 0 Å². The van der Waals surface area contributed by atoms with Crippen molar-refractivity contribution in [3.63, 3.8) is 0 Å². The Hall–Kier alpha value is -2.74. The van der Waals surface area contributed by atoms with Crippen LogP contribution in [0.4, 0.5) is 10.2 Å². The molecule has 1 saturated carbocycles. The third kappa shape index (κ3) is 3.77. The summed E-state index contributed by atoms with van der Waals surface area (Å²) < 4.78 is 20.9. The molecule has 0 spiro atoms. The molecule has 4 rings (SSSR count). The van der Waals surface area contributed by atoms with E-state index in [-0.39, 0.29) is 12.4 Å². The number of hydrogen-bond acceptors (Lipinski definition) is 6. The van der Waals surface area contributed by atoms with Gasteiger partial charge in [-0.3, -0.25) is 0 Å². The Balaban J connectivity index is 0.000000706. The summed E-state index contributed by atoms with van der Waals surface area (Å²) >= 11 is 0. The summed E-state index contributed by atoms with van der Waals surface area (Å²) in [5.41, 5.74) is 2.90. The highest BCUT2D eigenvalue weighted by Crippen LogP contribution is 2.43. The molecule has 150 valence electrons. The molecule has 0 unspecified atom stereocenters. The predicted molar refractivity (Wildman–Crippen MR) is 106 cm³/mol. The topological polar surface area (TPSA) is 84.6 Å². The Morgan fingerprint density at radius 1 is 1.29 bits per heavy atom. The fraction of sp³-hybridized carbons (Fsp3) is 0.450. The SMILES string of the molecule is CCC.CNc1nc(-c2c(CO)nc3cc(OC)c(C4CC4)nn23)ccc1F. The highest BCUT2D eigenvalue weighted by atomic mass is 19.1. The zero-order valence-corrected chi connectivity index (χ0v) is 16.7. The minimum Gasteiger partial charge on any atom is -0.495 e. The van der Waals surface area contributed by atoms with Crippen molar-refractivity contribution in [2.24, 2.45) is 0 Å². The van der Waals surface area contributed by atoms with E-state index >= 15 is 0 Å². The summed E-state index contributed by atoms with van der Waals surface area (Å²) in [4.78, 5) is 8.73. The number of aromatic nitrogens is 4. The van der Waals surface area contributed by atoms with Crippen LogP contribution in [-0.4, -0.2) is 38.8 Å². The molecule has 0 saturated heterocycles. The Kier molecular flexibility index (Phi) is 6.08. The van der Waals surface area contributed by atoms with Gasteiger partial charge in [0.2, 0.25) is 0 Å². The Bertz CT molecular complexity index is 969. The molecule has 7 nitrogen and oxygen atoms in total. The van der Waals surface area contributed by atoms with Gasteiger partial charge in [-0.1, -0.05) is 20.3 Å². The van der Waals surface area contributed by atoms with Crippen molar-refractivity contribution in [1.82, 2.24) is 19.6 Å². The van der Waals surface area contributed by atoms with Gasteiger partial charge < -0.3 is 15.2 Å². The Morgan fingerprint density at radius 2 is 2.00 bits per heavy atom. The second-order valence-corrected chi connectivity index (χ2v) is 6.69. The van der Waals surface area contributed by atoms with E-state index in [1.807, 2.05) is 6.07 Å². The zero-order chi connectivity index (χ0) is 20.3. The number of rotatable bonds is 5. The number of methoxy groups -OCH3 is 1. The van der Waals surface area contributed by atoms with Crippen molar-refractivity contribution in [3.8, 4) is 17.1 Å². The number of aliphatic hydroxyl groups is 1. The number of fused-ring (bicyclic) bond motifs is 1. The van der Waals surface area contributed by atoms with Gasteiger partial charge in [0, 0.05) is 19.0 Å². The van der Waals surface area contributed by atoms with Gasteiger partial charge in [-0.05, 0) is 25.0 Å². The molecule has 3 heterocycles. The molecule has 28 heavy (non-hydrogen) atoms. The third-order valence-electron chi connectivity index (χ3n) is 4.33. The Morgan fingerprint density at radius 3 is 2.57 bits per heavy atom. The van der Waals surface area contributed by atoms with Gasteiger partial charge in [0.25, 0.3) is 0 Å².